The number of nitrogens with two attached hydrogens (primary N) is 1. The number of benzene rings is 1. The van der Waals surface area contributed by atoms with Crippen LogP contribution in [0, 0.1) is 5.82 Å². The first-order chi connectivity index (χ1) is 9.92. The van der Waals surface area contributed by atoms with Crippen LogP contribution in [0.1, 0.15) is 5.56 Å². The van der Waals surface area contributed by atoms with Crippen LogP contribution in [0.15, 0.2) is 23.1 Å². The van der Waals surface area contributed by atoms with Gasteiger partial charge in [-0.15, -0.1) is 0 Å². The van der Waals surface area contributed by atoms with E-state index < -0.39 is 15.8 Å². The van der Waals surface area contributed by atoms with Crippen LogP contribution in [0.4, 0.5) is 4.39 Å². The molecule has 1 saturated heterocycles. The largest absolute Gasteiger partial charge is 0.374 e. The lowest BCUT2D eigenvalue weighted by atomic mass is 10.2. The number of nitrogens with one attached hydrogen (secondary N) is 1. The van der Waals surface area contributed by atoms with Crippen molar-refractivity contribution in [2.75, 3.05) is 33.3 Å². The third kappa shape index (κ3) is 4.21. The maximum absolute atomic E-state index is 13.3. The number of hydrogen-bond donors (Lipinski definition) is 2. The van der Waals surface area contributed by atoms with Crippen molar-refractivity contribution in [3.63, 3.8) is 0 Å². The highest BCUT2D eigenvalue weighted by molar-refractivity contribution is 7.89. The zero-order chi connectivity index (χ0) is 15.5. The Bertz CT molecular complexity index is 594. The molecule has 0 bridgehead atoms. The maximum Gasteiger partial charge on any atom is 0.241 e. The molecule has 6 nitrogen and oxygen atoms in total. The minimum absolute atomic E-state index is 0.0270. The number of halogens is 1. The fourth-order valence-corrected chi connectivity index (χ4v) is 3.54. The quantitative estimate of drug-likeness (QED) is 0.792. The molecule has 0 aliphatic carbocycles. The summed E-state index contributed by atoms with van der Waals surface area (Å²) in [5.41, 5.74) is 5.89. The monoisotopic (exact) mass is 317 g/mol. The third-order valence-electron chi connectivity index (χ3n) is 3.38. The van der Waals surface area contributed by atoms with E-state index in [2.05, 4.69) is 9.62 Å². The lowest BCUT2D eigenvalue weighted by Crippen LogP contribution is -2.46. The van der Waals surface area contributed by atoms with E-state index in [-0.39, 0.29) is 24.1 Å². The number of morpholine rings is 1. The summed E-state index contributed by atoms with van der Waals surface area (Å²) in [6, 6.07) is 3.56. The number of sulfonamides is 1. The highest BCUT2D eigenvalue weighted by Crippen LogP contribution is 2.17. The lowest BCUT2D eigenvalue weighted by molar-refractivity contribution is -0.0156. The molecule has 0 amide bonds. The first kappa shape index (κ1) is 16.3. The van der Waals surface area contributed by atoms with Gasteiger partial charge < -0.3 is 15.4 Å². The van der Waals surface area contributed by atoms with Crippen molar-refractivity contribution < 1.29 is 17.5 Å². The van der Waals surface area contributed by atoms with Crippen molar-refractivity contribution in [1.82, 2.24) is 9.62 Å². The fraction of sp³-hybridized carbons (Fsp3) is 0.538. The summed E-state index contributed by atoms with van der Waals surface area (Å²) in [4.78, 5) is 1.95. The Hall–Kier alpha value is -1.06. The van der Waals surface area contributed by atoms with Gasteiger partial charge in [0.2, 0.25) is 10.0 Å². The van der Waals surface area contributed by atoms with E-state index in [0.717, 1.165) is 12.6 Å². The molecule has 1 aromatic carbocycles. The molecule has 0 aromatic heterocycles. The molecule has 0 spiro atoms. The lowest BCUT2D eigenvalue weighted by Gasteiger charge is -2.30. The molecule has 0 saturated carbocycles. The summed E-state index contributed by atoms with van der Waals surface area (Å²) in [6.45, 7) is 2.21. The first-order valence-corrected chi connectivity index (χ1v) is 8.19. The molecule has 1 aliphatic rings. The van der Waals surface area contributed by atoms with Crippen LogP contribution in [-0.4, -0.2) is 52.7 Å². The highest BCUT2D eigenvalue weighted by atomic mass is 32.2. The van der Waals surface area contributed by atoms with Crippen molar-refractivity contribution in [1.29, 1.82) is 0 Å². The van der Waals surface area contributed by atoms with Gasteiger partial charge in [0.1, 0.15) is 5.82 Å². The summed E-state index contributed by atoms with van der Waals surface area (Å²) in [5, 5.41) is 0. The van der Waals surface area contributed by atoms with Gasteiger partial charge in [0.15, 0.2) is 0 Å². The van der Waals surface area contributed by atoms with Crippen LogP contribution < -0.4 is 10.5 Å². The molecule has 1 heterocycles. The molecule has 1 unspecified atom stereocenters. The Morgan fingerprint density at radius 3 is 2.95 bits per heavy atom. The van der Waals surface area contributed by atoms with Crippen molar-refractivity contribution in [2.24, 2.45) is 5.73 Å². The smallest absolute Gasteiger partial charge is 0.241 e. The SMILES string of the molecule is CN1CCOC(CNS(=O)(=O)c2cc(F)ccc2CN)C1. The topological polar surface area (TPSA) is 84.7 Å². The second-order valence-corrected chi connectivity index (χ2v) is 6.80. The summed E-state index contributed by atoms with van der Waals surface area (Å²) >= 11 is 0. The maximum atomic E-state index is 13.3. The van der Waals surface area contributed by atoms with Crippen LogP contribution in [0.5, 0.6) is 0 Å². The minimum atomic E-state index is -3.81. The molecular weight excluding hydrogens is 297 g/mol. The molecule has 0 radical (unpaired) electrons. The predicted molar refractivity (Wildman–Crippen MR) is 76.7 cm³/mol. The molecule has 1 atom stereocenters. The Morgan fingerprint density at radius 2 is 2.29 bits per heavy atom. The van der Waals surface area contributed by atoms with Crippen LogP contribution in [0.3, 0.4) is 0 Å². The number of likely N-dealkylation sites (N-methyl/N-ethyl adjacent to an activating group) is 1. The van der Waals surface area contributed by atoms with E-state index in [0.29, 0.717) is 18.7 Å². The fourth-order valence-electron chi connectivity index (χ4n) is 2.22. The minimum Gasteiger partial charge on any atom is -0.374 e. The van der Waals surface area contributed by atoms with Gasteiger partial charge >= 0.3 is 0 Å². The number of rotatable bonds is 5. The van der Waals surface area contributed by atoms with E-state index in [4.69, 9.17) is 10.5 Å². The van der Waals surface area contributed by atoms with E-state index >= 15 is 0 Å². The highest BCUT2D eigenvalue weighted by Gasteiger charge is 2.23. The summed E-state index contributed by atoms with van der Waals surface area (Å²) in [5.74, 6) is -0.610. The van der Waals surface area contributed by atoms with Gasteiger partial charge in [0.05, 0.1) is 17.6 Å². The van der Waals surface area contributed by atoms with E-state index in [1.165, 1.54) is 12.1 Å². The second kappa shape index (κ2) is 6.80. The molecule has 3 N–H and O–H groups in total. The Kier molecular flexibility index (Phi) is 5.28. The molecule has 118 valence electrons. The van der Waals surface area contributed by atoms with E-state index in [9.17, 15) is 12.8 Å². The number of nitrogens with zero attached hydrogens (tertiary/aromatic N) is 1. The van der Waals surface area contributed by atoms with Gasteiger partial charge in [0.25, 0.3) is 0 Å². The van der Waals surface area contributed by atoms with Crippen LogP contribution in [0.25, 0.3) is 0 Å². The molecule has 2 rings (SSSR count). The molecule has 8 heteroatoms. The second-order valence-electron chi connectivity index (χ2n) is 5.06. The molecule has 1 aliphatic heterocycles. The average Bonchev–Trinajstić information content (AvgIpc) is 2.45. The molecular formula is C13H20FN3O3S. The zero-order valence-corrected chi connectivity index (χ0v) is 12.7. The van der Waals surface area contributed by atoms with Gasteiger partial charge in [-0.05, 0) is 24.7 Å². The molecule has 1 aromatic rings. The normalized spacial score (nSPS) is 20.6. The van der Waals surface area contributed by atoms with Crippen molar-refractivity contribution in [2.45, 2.75) is 17.5 Å². The van der Waals surface area contributed by atoms with Gasteiger partial charge in [-0.25, -0.2) is 17.5 Å². The third-order valence-corrected chi connectivity index (χ3v) is 4.89. The Balaban J connectivity index is 2.09. The number of ether oxygens (including phenoxy) is 1. The van der Waals surface area contributed by atoms with Gasteiger partial charge in [0, 0.05) is 26.2 Å². The van der Waals surface area contributed by atoms with Gasteiger partial charge in [-0.2, -0.15) is 0 Å². The summed E-state index contributed by atoms with van der Waals surface area (Å²) in [6.07, 6.45) is -0.214. The van der Waals surface area contributed by atoms with Crippen molar-refractivity contribution in [3.8, 4) is 0 Å². The summed E-state index contributed by atoms with van der Waals surface area (Å²) in [7, 11) is -1.86. The van der Waals surface area contributed by atoms with Gasteiger partial charge in [-0.3, -0.25) is 0 Å². The van der Waals surface area contributed by atoms with Crippen LogP contribution in [-0.2, 0) is 21.3 Å². The zero-order valence-electron chi connectivity index (χ0n) is 11.9. The van der Waals surface area contributed by atoms with E-state index in [1.807, 2.05) is 7.05 Å². The van der Waals surface area contributed by atoms with Crippen LogP contribution >= 0.6 is 0 Å². The predicted octanol–water partition coefficient (Wildman–Crippen LogP) is -0.107. The number of hydrogen-bond acceptors (Lipinski definition) is 5. The molecule has 21 heavy (non-hydrogen) atoms. The Labute approximate surface area is 124 Å². The first-order valence-electron chi connectivity index (χ1n) is 6.70. The van der Waals surface area contributed by atoms with Crippen molar-refractivity contribution in [3.05, 3.63) is 29.6 Å². The van der Waals surface area contributed by atoms with Gasteiger partial charge in [-0.1, -0.05) is 6.07 Å². The average molecular weight is 317 g/mol. The molecule has 1 fully saturated rings. The van der Waals surface area contributed by atoms with E-state index in [1.54, 1.807) is 0 Å². The van der Waals surface area contributed by atoms with Crippen LogP contribution in [0.2, 0.25) is 0 Å². The Morgan fingerprint density at radius 1 is 1.52 bits per heavy atom. The summed E-state index contributed by atoms with van der Waals surface area (Å²) < 4.78 is 45.8. The van der Waals surface area contributed by atoms with Crippen molar-refractivity contribution >= 4 is 10.0 Å². The standard InChI is InChI=1S/C13H20FN3O3S/c1-17-4-5-20-12(9-17)8-16-21(18,19)13-6-11(14)3-2-10(13)7-15/h2-3,6,12,16H,4-5,7-9,15H2,1H3.